The first-order valence-electron chi connectivity index (χ1n) is 13.4. The van der Waals surface area contributed by atoms with E-state index in [4.69, 9.17) is 4.42 Å². The lowest BCUT2D eigenvalue weighted by atomic mass is 9.80. The van der Waals surface area contributed by atoms with Crippen molar-refractivity contribution in [1.82, 2.24) is 15.1 Å². The fourth-order valence-electron chi connectivity index (χ4n) is 6.08. The molecule has 10 heteroatoms. The molecule has 2 fully saturated rings. The molecule has 2 aliphatic rings. The summed E-state index contributed by atoms with van der Waals surface area (Å²) in [5, 5.41) is 9.19. The van der Waals surface area contributed by atoms with E-state index in [1.807, 2.05) is 60.0 Å². The monoisotopic (exact) mass is 593 g/mol. The third kappa shape index (κ3) is 4.66. The first-order valence-corrected chi connectivity index (χ1v) is 16.0. The van der Waals surface area contributed by atoms with Crippen molar-refractivity contribution >= 4 is 51.6 Å². The van der Waals surface area contributed by atoms with Crippen molar-refractivity contribution in [3.63, 3.8) is 0 Å². The Morgan fingerprint density at radius 1 is 0.875 bits per heavy atom. The van der Waals surface area contributed by atoms with E-state index in [2.05, 4.69) is 5.32 Å². The maximum absolute atomic E-state index is 14.6. The summed E-state index contributed by atoms with van der Waals surface area (Å²) in [6.45, 7) is 8.36. The van der Waals surface area contributed by atoms with Gasteiger partial charge in [-0.3, -0.25) is 14.4 Å². The molecule has 4 aromatic heterocycles. The van der Waals surface area contributed by atoms with Gasteiger partial charge in [0.1, 0.15) is 11.8 Å². The maximum atomic E-state index is 14.6. The van der Waals surface area contributed by atoms with Gasteiger partial charge in [-0.1, -0.05) is 6.07 Å². The molecular weight excluding hydrogens is 563 g/mol. The quantitative estimate of drug-likeness (QED) is 0.292. The van der Waals surface area contributed by atoms with Gasteiger partial charge in [-0.25, -0.2) is 0 Å². The minimum absolute atomic E-state index is 0.102. The zero-order valence-electron chi connectivity index (χ0n) is 22.6. The molecule has 4 aromatic rings. The molecule has 208 valence electrons. The first-order chi connectivity index (χ1) is 19.4. The summed E-state index contributed by atoms with van der Waals surface area (Å²) in [5.74, 6) is -0.797. The second-order valence-corrected chi connectivity index (χ2v) is 13.3. The summed E-state index contributed by atoms with van der Waals surface area (Å²) in [7, 11) is 0. The summed E-state index contributed by atoms with van der Waals surface area (Å²) in [6.07, 6.45) is 0. The molecule has 4 atom stereocenters. The van der Waals surface area contributed by atoms with Gasteiger partial charge >= 0.3 is 0 Å². The third-order valence-electron chi connectivity index (χ3n) is 7.98. The zero-order chi connectivity index (χ0) is 28.0. The number of ketones is 1. The number of aryl methyl sites for hydroxylation is 3. The molecule has 2 aliphatic heterocycles. The van der Waals surface area contributed by atoms with Gasteiger partial charge in [0.2, 0.25) is 11.7 Å². The number of Topliss-reactive ketones (excluding diaryl/α,β-unsaturated/α-hetero) is 1. The van der Waals surface area contributed by atoms with Crippen LogP contribution in [0.25, 0.3) is 0 Å². The number of carbonyl (C=O) groups is 3. The molecule has 0 bridgehead atoms. The summed E-state index contributed by atoms with van der Waals surface area (Å²) < 4.78 is 5.88. The van der Waals surface area contributed by atoms with E-state index in [1.165, 1.54) is 22.7 Å². The fraction of sp³-hybridized carbons (Fsp3) is 0.367. The number of hydrogen-bond acceptors (Lipinski definition) is 8. The van der Waals surface area contributed by atoms with Gasteiger partial charge < -0.3 is 19.5 Å². The van der Waals surface area contributed by atoms with Crippen LogP contribution in [0.5, 0.6) is 0 Å². The average molecular weight is 594 g/mol. The molecule has 0 radical (unpaired) electrons. The number of piperazine rings is 1. The number of amides is 2. The number of furan rings is 1. The molecule has 40 heavy (non-hydrogen) atoms. The highest BCUT2D eigenvalue weighted by atomic mass is 32.1. The van der Waals surface area contributed by atoms with Crippen molar-refractivity contribution in [2.75, 3.05) is 26.2 Å². The molecule has 7 nitrogen and oxygen atoms in total. The van der Waals surface area contributed by atoms with E-state index in [1.54, 1.807) is 34.4 Å². The van der Waals surface area contributed by atoms with E-state index in [9.17, 15) is 14.4 Å². The predicted octanol–water partition coefficient (Wildman–Crippen LogP) is 5.67. The Hall–Kier alpha value is -3.05. The lowest BCUT2D eigenvalue weighted by Gasteiger charge is -2.36. The number of nitrogens with one attached hydrogen (secondary N) is 1. The smallest absolute Gasteiger partial charge is 0.265 e. The number of carbonyl (C=O) groups excluding carboxylic acids is 3. The van der Waals surface area contributed by atoms with E-state index >= 15 is 0 Å². The molecular formula is C30H31N3O4S3. The number of rotatable bonds is 6. The van der Waals surface area contributed by atoms with E-state index in [0.29, 0.717) is 36.8 Å². The molecule has 2 saturated heterocycles. The minimum Gasteiger partial charge on any atom is -0.458 e. The van der Waals surface area contributed by atoms with E-state index < -0.39 is 23.9 Å². The van der Waals surface area contributed by atoms with Crippen molar-refractivity contribution in [3.05, 3.63) is 89.8 Å². The Bertz CT molecular complexity index is 1530. The highest BCUT2D eigenvalue weighted by Gasteiger charge is 2.60. The summed E-state index contributed by atoms with van der Waals surface area (Å²) in [5.41, 5.74) is 2.03. The Labute approximate surface area is 245 Å². The number of likely N-dealkylation sites (tertiary alicyclic amines) is 1. The van der Waals surface area contributed by atoms with Crippen LogP contribution in [-0.4, -0.2) is 59.6 Å². The van der Waals surface area contributed by atoms with Crippen LogP contribution in [0.1, 0.15) is 58.8 Å². The molecule has 0 saturated carbocycles. The van der Waals surface area contributed by atoms with Crippen LogP contribution in [0.3, 0.4) is 0 Å². The van der Waals surface area contributed by atoms with Gasteiger partial charge in [-0.05, 0) is 78.4 Å². The molecule has 0 spiro atoms. The lowest BCUT2D eigenvalue weighted by Crippen LogP contribution is -2.54. The van der Waals surface area contributed by atoms with Crippen LogP contribution >= 0.6 is 34.0 Å². The molecule has 4 unspecified atom stereocenters. The van der Waals surface area contributed by atoms with Gasteiger partial charge in [0, 0.05) is 41.9 Å². The SMILES string of the molecule is Cc1ccc(C(=O)C2C(c3sccc3C)C(C(=O)N3CCNCC3)N(C(=O)c3cccs3)C2c2sccc2C)o1. The van der Waals surface area contributed by atoms with Crippen LogP contribution in [-0.2, 0) is 4.79 Å². The first kappa shape index (κ1) is 27.1. The van der Waals surface area contributed by atoms with Crippen molar-refractivity contribution in [2.45, 2.75) is 38.8 Å². The van der Waals surface area contributed by atoms with Crippen LogP contribution < -0.4 is 5.32 Å². The Kier molecular flexibility index (Phi) is 7.52. The second-order valence-electron chi connectivity index (χ2n) is 10.4. The van der Waals surface area contributed by atoms with Crippen molar-refractivity contribution in [2.24, 2.45) is 5.92 Å². The zero-order valence-corrected chi connectivity index (χ0v) is 25.0. The molecule has 2 amide bonds. The van der Waals surface area contributed by atoms with Crippen molar-refractivity contribution < 1.29 is 18.8 Å². The predicted molar refractivity (Wildman–Crippen MR) is 159 cm³/mol. The van der Waals surface area contributed by atoms with Gasteiger partial charge in [0.25, 0.3) is 5.91 Å². The molecule has 6 heterocycles. The lowest BCUT2D eigenvalue weighted by molar-refractivity contribution is -0.136. The van der Waals surface area contributed by atoms with Crippen molar-refractivity contribution in [3.8, 4) is 0 Å². The van der Waals surface area contributed by atoms with Crippen LogP contribution in [0.15, 0.2) is 57.0 Å². The number of hydrogen-bond donors (Lipinski definition) is 1. The van der Waals surface area contributed by atoms with Gasteiger partial charge in [-0.2, -0.15) is 0 Å². The number of nitrogens with zero attached hydrogens (tertiary/aromatic N) is 2. The van der Waals surface area contributed by atoms with E-state index in [-0.39, 0.29) is 23.4 Å². The molecule has 0 aromatic carbocycles. The summed E-state index contributed by atoms with van der Waals surface area (Å²) >= 11 is 4.45. The molecule has 1 N–H and O–H groups in total. The summed E-state index contributed by atoms with van der Waals surface area (Å²) in [6, 6.07) is 9.75. The minimum atomic E-state index is -0.832. The standard InChI is InChI=1S/C30H31N3O4S3/c1-17-8-15-39-27(17)23-22(26(34)20-7-6-19(3)37-20)24(28-18(2)9-16-40-28)33(29(35)21-5-4-14-38-21)25(23)30(36)32-12-10-31-11-13-32/h4-9,14-16,22-25,31H,10-13H2,1-3H3. The Balaban J connectivity index is 1.60. The number of thiophene rings is 3. The largest absolute Gasteiger partial charge is 0.458 e. The third-order valence-corrected chi connectivity index (χ3v) is 11.0. The molecule has 0 aliphatic carbocycles. The fourth-order valence-corrected chi connectivity index (χ4v) is 8.93. The average Bonchev–Trinajstić information content (AvgIpc) is 3.79. The highest BCUT2D eigenvalue weighted by molar-refractivity contribution is 7.12. The normalized spacial score (nSPS) is 23.1. The Morgan fingerprint density at radius 2 is 1.57 bits per heavy atom. The summed E-state index contributed by atoms with van der Waals surface area (Å²) in [4.78, 5) is 49.6. The molecule has 6 rings (SSSR count). The van der Waals surface area contributed by atoms with Gasteiger partial charge in [0.05, 0.1) is 16.8 Å². The second kappa shape index (κ2) is 11.1. The van der Waals surface area contributed by atoms with Crippen LogP contribution in [0.2, 0.25) is 0 Å². The van der Waals surface area contributed by atoms with Gasteiger partial charge in [0.15, 0.2) is 5.76 Å². The Morgan fingerprint density at radius 3 is 2.15 bits per heavy atom. The van der Waals surface area contributed by atoms with Crippen LogP contribution in [0, 0.1) is 26.7 Å². The topological polar surface area (TPSA) is 82.9 Å². The van der Waals surface area contributed by atoms with Crippen molar-refractivity contribution in [1.29, 1.82) is 0 Å². The van der Waals surface area contributed by atoms with E-state index in [0.717, 1.165) is 20.9 Å². The van der Waals surface area contributed by atoms with Crippen LogP contribution in [0.4, 0.5) is 0 Å². The maximum Gasteiger partial charge on any atom is 0.265 e. The highest BCUT2D eigenvalue weighted by Crippen LogP contribution is 2.55. The van der Waals surface area contributed by atoms with Gasteiger partial charge in [-0.15, -0.1) is 34.0 Å².